The molecule has 2 saturated heterocycles. The smallest absolute Gasteiger partial charge is 0.292 e. The zero-order valence-electron chi connectivity index (χ0n) is 17.9. The van der Waals surface area contributed by atoms with E-state index >= 15 is 0 Å². The van der Waals surface area contributed by atoms with E-state index in [2.05, 4.69) is 22.2 Å². The van der Waals surface area contributed by atoms with Crippen molar-refractivity contribution in [3.63, 3.8) is 0 Å². The van der Waals surface area contributed by atoms with Gasteiger partial charge in [0.15, 0.2) is 0 Å². The molecule has 1 amide bonds. The Morgan fingerprint density at radius 1 is 1.16 bits per heavy atom. The van der Waals surface area contributed by atoms with Crippen LogP contribution in [-0.2, 0) is 17.8 Å². The molecule has 4 rings (SSSR count). The van der Waals surface area contributed by atoms with Crippen molar-refractivity contribution in [2.24, 2.45) is 5.92 Å². The number of hydrogen-bond acceptors (Lipinski definition) is 7. The van der Waals surface area contributed by atoms with Crippen molar-refractivity contribution in [2.75, 3.05) is 44.2 Å². The Hall–Kier alpha value is -2.52. The highest BCUT2D eigenvalue weighted by Gasteiger charge is 2.32. The highest BCUT2D eigenvalue weighted by atomic mass is 32.1. The van der Waals surface area contributed by atoms with E-state index in [0.717, 1.165) is 57.7 Å². The lowest BCUT2D eigenvalue weighted by atomic mass is 9.94. The van der Waals surface area contributed by atoms with Gasteiger partial charge in [-0.25, -0.2) is 4.98 Å². The number of hydrogen-bond donors (Lipinski definition) is 0. The van der Waals surface area contributed by atoms with E-state index in [-0.39, 0.29) is 22.4 Å². The number of nitrogens with zero attached hydrogens (tertiary/aromatic N) is 5. The molecule has 0 saturated carbocycles. The zero-order chi connectivity index (χ0) is 21.8. The summed E-state index contributed by atoms with van der Waals surface area (Å²) in [6.07, 6.45) is 2.46. The molecule has 0 aliphatic carbocycles. The second kappa shape index (κ2) is 9.74. The first-order chi connectivity index (χ1) is 15.0. The number of piperazine rings is 1. The molecule has 0 unspecified atom stereocenters. The van der Waals surface area contributed by atoms with Crippen molar-refractivity contribution >= 4 is 28.6 Å². The summed E-state index contributed by atoms with van der Waals surface area (Å²) in [4.78, 5) is 35.1. The van der Waals surface area contributed by atoms with Crippen LogP contribution < -0.4 is 4.90 Å². The fraction of sp³-hybridized carbons (Fsp3) is 0.545. The number of para-hydroxylation sites is 2. The van der Waals surface area contributed by atoms with Crippen LogP contribution in [0, 0.1) is 16.0 Å². The molecule has 0 spiro atoms. The standard InChI is InChI=1S/C22H29N5O3S/c1-2-21-23-18(16-31-21)15-24-11-13-26(14-12-24)22(28)17-7-9-25(10-8-17)19-5-3-4-6-20(19)27(29)30/h3-6,16-17H,2,7-15H2,1H3. The second-order valence-electron chi connectivity index (χ2n) is 8.19. The SMILES string of the molecule is CCc1nc(CN2CCN(C(=O)C3CCN(c4ccccc4[N+](=O)[O-])CC3)CC2)cs1. The number of rotatable bonds is 6. The molecule has 0 atom stereocenters. The Labute approximate surface area is 186 Å². The van der Waals surface area contributed by atoms with Gasteiger partial charge >= 0.3 is 0 Å². The Bertz CT molecular complexity index is 917. The molecule has 3 heterocycles. The molecule has 166 valence electrons. The highest BCUT2D eigenvalue weighted by molar-refractivity contribution is 7.09. The molecule has 2 aromatic rings. The van der Waals surface area contributed by atoms with E-state index < -0.39 is 0 Å². The minimum Gasteiger partial charge on any atom is -0.366 e. The van der Waals surface area contributed by atoms with Crippen molar-refractivity contribution < 1.29 is 9.72 Å². The number of aromatic nitrogens is 1. The molecule has 0 radical (unpaired) electrons. The van der Waals surface area contributed by atoms with E-state index in [1.807, 2.05) is 15.9 Å². The van der Waals surface area contributed by atoms with Gasteiger partial charge in [0.1, 0.15) is 5.69 Å². The Kier molecular flexibility index (Phi) is 6.82. The number of nitro groups is 1. The quantitative estimate of drug-likeness (QED) is 0.504. The van der Waals surface area contributed by atoms with E-state index in [9.17, 15) is 14.9 Å². The molecule has 9 heteroatoms. The molecule has 2 fully saturated rings. The van der Waals surface area contributed by atoms with E-state index in [1.54, 1.807) is 29.5 Å². The molecule has 2 aliphatic heterocycles. The van der Waals surface area contributed by atoms with Gasteiger partial charge in [0, 0.05) is 63.2 Å². The van der Waals surface area contributed by atoms with Gasteiger partial charge in [-0.05, 0) is 25.3 Å². The number of amides is 1. The summed E-state index contributed by atoms with van der Waals surface area (Å²) in [6, 6.07) is 6.86. The maximum atomic E-state index is 13.0. The normalized spacial score (nSPS) is 18.4. The van der Waals surface area contributed by atoms with Crippen LogP contribution in [-0.4, -0.2) is 64.9 Å². The molecule has 1 aromatic heterocycles. The van der Waals surface area contributed by atoms with Crippen molar-refractivity contribution in [3.05, 3.63) is 50.5 Å². The zero-order valence-corrected chi connectivity index (χ0v) is 18.7. The van der Waals surface area contributed by atoms with Crippen LogP contribution in [0.25, 0.3) is 0 Å². The Morgan fingerprint density at radius 3 is 2.52 bits per heavy atom. The van der Waals surface area contributed by atoms with Gasteiger partial charge in [-0.15, -0.1) is 11.3 Å². The van der Waals surface area contributed by atoms with Gasteiger partial charge in [0.25, 0.3) is 5.69 Å². The van der Waals surface area contributed by atoms with Gasteiger partial charge < -0.3 is 9.80 Å². The second-order valence-corrected chi connectivity index (χ2v) is 9.14. The number of carbonyl (C=O) groups excluding carboxylic acids is 1. The van der Waals surface area contributed by atoms with Crippen LogP contribution in [0.5, 0.6) is 0 Å². The average Bonchev–Trinajstić information content (AvgIpc) is 3.27. The Morgan fingerprint density at radius 2 is 1.87 bits per heavy atom. The van der Waals surface area contributed by atoms with E-state index in [1.165, 1.54) is 5.01 Å². The van der Waals surface area contributed by atoms with Gasteiger partial charge in [-0.3, -0.25) is 19.8 Å². The third-order valence-electron chi connectivity index (χ3n) is 6.23. The predicted octanol–water partition coefficient (Wildman–Crippen LogP) is 3.17. The van der Waals surface area contributed by atoms with Crippen LogP contribution in [0.4, 0.5) is 11.4 Å². The van der Waals surface area contributed by atoms with Crippen molar-refractivity contribution in [2.45, 2.75) is 32.7 Å². The maximum Gasteiger partial charge on any atom is 0.292 e. The van der Waals surface area contributed by atoms with Crippen molar-refractivity contribution in [1.82, 2.24) is 14.8 Å². The number of anilines is 1. The minimum absolute atomic E-state index is 0.0104. The van der Waals surface area contributed by atoms with Gasteiger partial charge in [0.2, 0.25) is 5.91 Å². The topological polar surface area (TPSA) is 82.8 Å². The fourth-order valence-electron chi connectivity index (χ4n) is 4.45. The monoisotopic (exact) mass is 443 g/mol. The first-order valence-corrected chi connectivity index (χ1v) is 11.9. The summed E-state index contributed by atoms with van der Waals surface area (Å²) in [5.41, 5.74) is 1.92. The molecule has 0 bridgehead atoms. The molecule has 8 nitrogen and oxygen atoms in total. The number of thiazole rings is 1. The van der Waals surface area contributed by atoms with Gasteiger partial charge in [-0.2, -0.15) is 0 Å². The molecular weight excluding hydrogens is 414 g/mol. The number of benzene rings is 1. The van der Waals surface area contributed by atoms with E-state index in [0.29, 0.717) is 18.8 Å². The predicted molar refractivity (Wildman–Crippen MR) is 121 cm³/mol. The van der Waals surface area contributed by atoms with Crippen LogP contribution in [0.15, 0.2) is 29.6 Å². The lowest BCUT2D eigenvalue weighted by Crippen LogP contribution is -2.51. The number of nitro benzene ring substituents is 1. The van der Waals surface area contributed by atoms with Crippen LogP contribution in [0.2, 0.25) is 0 Å². The first kappa shape index (κ1) is 21.7. The summed E-state index contributed by atoms with van der Waals surface area (Å²) in [6.45, 7) is 7.59. The molecule has 2 aliphatic rings. The van der Waals surface area contributed by atoms with Crippen LogP contribution >= 0.6 is 11.3 Å². The molecular formula is C22H29N5O3S. The Balaban J connectivity index is 1.26. The van der Waals surface area contributed by atoms with Crippen molar-refractivity contribution in [3.8, 4) is 0 Å². The average molecular weight is 444 g/mol. The molecule has 1 aromatic carbocycles. The summed E-state index contributed by atoms with van der Waals surface area (Å²) >= 11 is 1.72. The van der Waals surface area contributed by atoms with Gasteiger partial charge in [0.05, 0.1) is 15.6 Å². The molecule has 0 N–H and O–H groups in total. The fourth-order valence-corrected chi connectivity index (χ4v) is 5.19. The molecule has 31 heavy (non-hydrogen) atoms. The van der Waals surface area contributed by atoms with Crippen LogP contribution in [0.3, 0.4) is 0 Å². The highest BCUT2D eigenvalue weighted by Crippen LogP contribution is 2.31. The summed E-state index contributed by atoms with van der Waals surface area (Å²) in [7, 11) is 0. The first-order valence-electron chi connectivity index (χ1n) is 11.0. The summed E-state index contributed by atoms with van der Waals surface area (Å²) in [5.74, 6) is 0.250. The minimum atomic E-state index is -0.333. The number of aryl methyl sites for hydroxylation is 1. The van der Waals surface area contributed by atoms with E-state index in [4.69, 9.17) is 0 Å². The maximum absolute atomic E-state index is 13.0. The van der Waals surface area contributed by atoms with Crippen LogP contribution in [0.1, 0.15) is 30.5 Å². The lowest BCUT2D eigenvalue weighted by Gasteiger charge is -2.38. The number of carbonyl (C=O) groups is 1. The largest absolute Gasteiger partial charge is 0.366 e. The van der Waals surface area contributed by atoms with Gasteiger partial charge in [-0.1, -0.05) is 19.1 Å². The third-order valence-corrected chi connectivity index (χ3v) is 7.28. The number of piperidine rings is 1. The lowest BCUT2D eigenvalue weighted by molar-refractivity contribution is -0.384. The summed E-state index contributed by atoms with van der Waals surface area (Å²) in [5, 5.41) is 14.6. The van der Waals surface area contributed by atoms with Crippen molar-refractivity contribution in [1.29, 1.82) is 0 Å². The third kappa shape index (κ3) is 5.04. The summed E-state index contributed by atoms with van der Waals surface area (Å²) < 4.78 is 0.